The summed E-state index contributed by atoms with van der Waals surface area (Å²) < 4.78 is 5.33. The Hall–Kier alpha value is -2.60. The van der Waals surface area contributed by atoms with E-state index < -0.39 is 0 Å². The maximum Gasteiger partial charge on any atom is 0.269 e. The minimum absolute atomic E-state index is 0.159. The molecule has 1 amide bonds. The average Bonchev–Trinajstić information content (AvgIpc) is 2.60. The largest absolute Gasteiger partial charge is 0.496 e. The standard InChI is InChI=1S/C18H24N4O2/c1-22(2)11-10-19-18(23)16-9-8-15(13-21-16)20-12-14-6-4-5-7-17(14)24-3/h4-9,13,20H,10-12H2,1-3H3,(H,19,23). The van der Waals surface area contributed by atoms with Crippen molar-refractivity contribution in [3.63, 3.8) is 0 Å². The van der Waals surface area contributed by atoms with Crippen LogP contribution in [0.5, 0.6) is 5.75 Å². The minimum Gasteiger partial charge on any atom is -0.496 e. The molecule has 0 aliphatic heterocycles. The van der Waals surface area contributed by atoms with E-state index >= 15 is 0 Å². The Kier molecular flexibility index (Phi) is 6.57. The molecule has 0 saturated carbocycles. The van der Waals surface area contributed by atoms with Crippen molar-refractivity contribution in [3.8, 4) is 5.75 Å². The fourth-order valence-electron chi connectivity index (χ4n) is 2.16. The van der Waals surface area contributed by atoms with Crippen molar-refractivity contribution in [2.75, 3.05) is 39.6 Å². The Morgan fingerprint density at radius 1 is 1.21 bits per heavy atom. The summed E-state index contributed by atoms with van der Waals surface area (Å²) in [6.07, 6.45) is 1.66. The number of ether oxygens (including phenoxy) is 1. The molecular weight excluding hydrogens is 304 g/mol. The molecule has 2 aromatic rings. The number of pyridine rings is 1. The number of hydrogen-bond acceptors (Lipinski definition) is 5. The van der Waals surface area contributed by atoms with E-state index in [1.54, 1.807) is 19.4 Å². The van der Waals surface area contributed by atoms with Crippen LogP contribution in [-0.2, 0) is 6.54 Å². The first-order valence-electron chi connectivity index (χ1n) is 7.85. The molecule has 6 nitrogen and oxygen atoms in total. The lowest BCUT2D eigenvalue weighted by Gasteiger charge is -2.11. The third-order valence-corrected chi connectivity index (χ3v) is 3.52. The summed E-state index contributed by atoms with van der Waals surface area (Å²) in [6.45, 7) is 2.02. The molecule has 1 aromatic carbocycles. The number of carbonyl (C=O) groups is 1. The van der Waals surface area contributed by atoms with Gasteiger partial charge < -0.3 is 20.3 Å². The molecule has 1 aromatic heterocycles. The average molecular weight is 328 g/mol. The summed E-state index contributed by atoms with van der Waals surface area (Å²) in [6, 6.07) is 11.4. The van der Waals surface area contributed by atoms with E-state index in [9.17, 15) is 4.79 Å². The van der Waals surface area contributed by atoms with Crippen LogP contribution in [0.1, 0.15) is 16.1 Å². The van der Waals surface area contributed by atoms with Gasteiger partial charge in [0.25, 0.3) is 5.91 Å². The van der Waals surface area contributed by atoms with E-state index in [4.69, 9.17) is 4.74 Å². The predicted molar refractivity (Wildman–Crippen MR) is 95.4 cm³/mol. The molecule has 128 valence electrons. The van der Waals surface area contributed by atoms with Crippen LogP contribution in [0.25, 0.3) is 0 Å². The zero-order valence-electron chi connectivity index (χ0n) is 14.4. The van der Waals surface area contributed by atoms with Crippen LogP contribution < -0.4 is 15.4 Å². The lowest BCUT2D eigenvalue weighted by Crippen LogP contribution is -2.31. The van der Waals surface area contributed by atoms with Gasteiger partial charge in [-0.25, -0.2) is 4.98 Å². The van der Waals surface area contributed by atoms with Crippen molar-refractivity contribution in [2.45, 2.75) is 6.54 Å². The summed E-state index contributed by atoms with van der Waals surface area (Å²) >= 11 is 0. The molecular formula is C18H24N4O2. The Morgan fingerprint density at radius 3 is 2.67 bits per heavy atom. The van der Waals surface area contributed by atoms with E-state index in [0.717, 1.165) is 23.5 Å². The van der Waals surface area contributed by atoms with Gasteiger partial charge in [-0.3, -0.25) is 4.79 Å². The number of aromatic nitrogens is 1. The van der Waals surface area contributed by atoms with Crippen molar-refractivity contribution < 1.29 is 9.53 Å². The van der Waals surface area contributed by atoms with Gasteiger partial charge in [0.15, 0.2) is 0 Å². The number of methoxy groups -OCH3 is 1. The molecule has 0 saturated heterocycles. The normalized spacial score (nSPS) is 10.5. The number of benzene rings is 1. The maximum absolute atomic E-state index is 12.0. The molecule has 1 heterocycles. The second-order valence-corrected chi connectivity index (χ2v) is 5.66. The smallest absolute Gasteiger partial charge is 0.269 e. The van der Waals surface area contributed by atoms with E-state index in [-0.39, 0.29) is 5.91 Å². The molecule has 0 unspecified atom stereocenters. The number of para-hydroxylation sites is 1. The van der Waals surface area contributed by atoms with Gasteiger partial charge in [-0.1, -0.05) is 18.2 Å². The number of likely N-dealkylation sites (N-methyl/N-ethyl adjacent to an activating group) is 1. The summed E-state index contributed by atoms with van der Waals surface area (Å²) in [7, 11) is 5.59. The van der Waals surface area contributed by atoms with Gasteiger partial charge in [-0.15, -0.1) is 0 Å². The number of nitrogens with one attached hydrogen (secondary N) is 2. The van der Waals surface area contributed by atoms with E-state index in [1.807, 2.05) is 49.3 Å². The van der Waals surface area contributed by atoms with Crippen LogP contribution >= 0.6 is 0 Å². The second-order valence-electron chi connectivity index (χ2n) is 5.66. The lowest BCUT2D eigenvalue weighted by atomic mass is 10.2. The second kappa shape index (κ2) is 8.88. The molecule has 2 N–H and O–H groups in total. The van der Waals surface area contributed by atoms with Gasteiger partial charge in [0, 0.05) is 25.2 Å². The number of anilines is 1. The molecule has 0 spiro atoms. The third-order valence-electron chi connectivity index (χ3n) is 3.52. The van der Waals surface area contributed by atoms with Gasteiger partial charge in [-0.2, -0.15) is 0 Å². The number of hydrogen-bond donors (Lipinski definition) is 2. The zero-order valence-corrected chi connectivity index (χ0v) is 14.4. The van der Waals surface area contributed by atoms with Crippen molar-refractivity contribution in [1.82, 2.24) is 15.2 Å². The molecule has 0 bridgehead atoms. The number of rotatable bonds is 8. The maximum atomic E-state index is 12.0. The first kappa shape index (κ1) is 17.7. The minimum atomic E-state index is -0.159. The van der Waals surface area contributed by atoms with Crippen LogP contribution in [0.4, 0.5) is 5.69 Å². The fraction of sp³-hybridized carbons (Fsp3) is 0.333. The van der Waals surface area contributed by atoms with Crippen molar-refractivity contribution in [2.24, 2.45) is 0 Å². The fourth-order valence-corrected chi connectivity index (χ4v) is 2.16. The zero-order chi connectivity index (χ0) is 17.4. The van der Waals surface area contributed by atoms with Gasteiger partial charge >= 0.3 is 0 Å². The lowest BCUT2D eigenvalue weighted by molar-refractivity contribution is 0.0946. The van der Waals surface area contributed by atoms with Gasteiger partial charge in [-0.05, 0) is 32.3 Å². The van der Waals surface area contributed by atoms with Crippen LogP contribution in [0.3, 0.4) is 0 Å². The molecule has 6 heteroatoms. The highest BCUT2D eigenvalue weighted by molar-refractivity contribution is 5.92. The molecule has 0 aliphatic carbocycles. The number of carbonyl (C=O) groups excluding carboxylic acids is 1. The molecule has 0 atom stereocenters. The Morgan fingerprint density at radius 2 is 2.00 bits per heavy atom. The van der Waals surface area contributed by atoms with Crippen molar-refractivity contribution in [1.29, 1.82) is 0 Å². The highest BCUT2D eigenvalue weighted by Gasteiger charge is 2.07. The predicted octanol–water partition coefficient (Wildman–Crippen LogP) is 1.99. The summed E-state index contributed by atoms with van der Waals surface area (Å²) in [5.41, 5.74) is 2.33. The van der Waals surface area contributed by atoms with Crippen LogP contribution in [0.2, 0.25) is 0 Å². The molecule has 0 aliphatic rings. The van der Waals surface area contributed by atoms with Crippen LogP contribution in [-0.4, -0.2) is 50.1 Å². The highest BCUT2D eigenvalue weighted by Crippen LogP contribution is 2.18. The Bertz CT molecular complexity index is 656. The van der Waals surface area contributed by atoms with E-state index in [2.05, 4.69) is 15.6 Å². The molecule has 0 fully saturated rings. The van der Waals surface area contributed by atoms with Crippen LogP contribution in [0, 0.1) is 0 Å². The van der Waals surface area contributed by atoms with Gasteiger partial charge in [0.05, 0.1) is 19.0 Å². The highest BCUT2D eigenvalue weighted by atomic mass is 16.5. The monoisotopic (exact) mass is 328 g/mol. The summed E-state index contributed by atoms with van der Waals surface area (Å²) in [4.78, 5) is 18.2. The Balaban J connectivity index is 1.89. The van der Waals surface area contributed by atoms with Gasteiger partial charge in [0.2, 0.25) is 0 Å². The molecule has 0 radical (unpaired) electrons. The molecule has 24 heavy (non-hydrogen) atoms. The first-order chi connectivity index (χ1) is 11.6. The van der Waals surface area contributed by atoms with Gasteiger partial charge in [0.1, 0.15) is 11.4 Å². The molecule has 2 rings (SSSR count). The number of nitrogens with zero attached hydrogens (tertiary/aromatic N) is 2. The first-order valence-corrected chi connectivity index (χ1v) is 7.85. The van der Waals surface area contributed by atoms with Crippen molar-refractivity contribution in [3.05, 3.63) is 53.9 Å². The van der Waals surface area contributed by atoms with E-state index in [1.165, 1.54) is 0 Å². The van der Waals surface area contributed by atoms with Crippen molar-refractivity contribution >= 4 is 11.6 Å². The SMILES string of the molecule is COc1ccccc1CNc1ccc(C(=O)NCCN(C)C)nc1. The number of amides is 1. The quantitative estimate of drug-likeness (QED) is 0.776. The Labute approximate surface area is 142 Å². The topological polar surface area (TPSA) is 66.5 Å². The third kappa shape index (κ3) is 5.24. The van der Waals surface area contributed by atoms with E-state index in [0.29, 0.717) is 18.8 Å². The summed E-state index contributed by atoms with van der Waals surface area (Å²) in [5, 5.41) is 6.12. The summed E-state index contributed by atoms with van der Waals surface area (Å²) in [5.74, 6) is 0.683. The van der Waals surface area contributed by atoms with Crippen LogP contribution in [0.15, 0.2) is 42.6 Å².